The fraction of sp³-hybridized carbons (Fsp3) is 0.318. The standard InChI is InChI=1S/C22H22ClFN4O3/c1-30-19-9-6-16(23)12-18(19)25-22(29)28-10-2-3-15(13-28)21-27-26-20(31-21)11-14-4-7-17(24)8-5-14/h4-9,12,15H,2-3,10-11,13H2,1H3,(H,25,29)/t15-/m1/s1. The summed E-state index contributed by atoms with van der Waals surface area (Å²) < 4.78 is 24.2. The first-order valence-corrected chi connectivity index (χ1v) is 10.4. The summed E-state index contributed by atoms with van der Waals surface area (Å²) >= 11 is 6.05. The molecule has 1 aromatic heterocycles. The first kappa shape index (κ1) is 21.1. The van der Waals surface area contributed by atoms with Crippen LogP contribution in [0.5, 0.6) is 5.75 Å². The lowest BCUT2D eigenvalue weighted by atomic mass is 9.98. The van der Waals surface area contributed by atoms with Crippen molar-refractivity contribution in [2.45, 2.75) is 25.2 Å². The lowest BCUT2D eigenvalue weighted by Crippen LogP contribution is -2.41. The van der Waals surface area contributed by atoms with Crippen molar-refractivity contribution in [1.29, 1.82) is 0 Å². The summed E-state index contributed by atoms with van der Waals surface area (Å²) in [6, 6.07) is 11.0. The second kappa shape index (κ2) is 9.34. The average molecular weight is 445 g/mol. The minimum absolute atomic E-state index is 0.0461. The van der Waals surface area contributed by atoms with Gasteiger partial charge in [-0.05, 0) is 48.7 Å². The third-order valence-corrected chi connectivity index (χ3v) is 5.45. The van der Waals surface area contributed by atoms with Gasteiger partial charge in [0, 0.05) is 18.1 Å². The van der Waals surface area contributed by atoms with Crippen molar-refractivity contribution in [3.63, 3.8) is 0 Å². The number of nitrogens with one attached hydrogen (secondary N) is 1. The van der Waals surface area contributed by atoms with Gasteiger partial charge < -0.3 is 19.4 Å². The minimum Gasteiger partial charge on any atom is -0.495 e. The maximum absolute atomic E-state index is 13.1. The average Bonchev–Trinajstić information content (AvgIpc) is 3.24. The molecule has 9 heteroatoms. The number of urea groups is 1. The molecule has 2 heterocycles. The van der Waals surface area contributed by atoms with Crippen LogP contribution in [-0.4, -0.2) is 41.3 Å². The van der Waals surface area contributed by atoms with Gasteiger partial charge in [-0.1, -0.05) is 23.7 Å². The molecule has 0 saturated carbocycles. The van der Waals surface area contributed by atoms with Crippen molar-refractivity contribution in [2.75, 3.05) is 25.5 Å². The normalized spacial score (nSPS) is 16.2. The molecule has 1 fully saturated rings. The summed E-state index contributed by atoms with van der Waals surface area (Å²) in [6.45, 7) is 1.09. The molecule has 2 aromatic carbocycles. The van der Waals surface area contributed by atoms with Crippen molar-refractivity contribution in [2.24, 2.45) is 0 Å². The molecule has 31 heavy (non-hydrogen) atoms. The lowest BCUT2D eigenvalue weighted by molar-refractivity contribution is 0.186. The molecule has 0 bridgehead atoms. The molecule has 0 unspecified atom stereocenters. The number of piperidine rings is 1. The van der Waals surface area contributed by atoms with E-state index in [1.54, 1.807) is 35.2 Å². The quantitative estimate of drug-likeness (QED) is 0.607. The maximum atomic E-state index is 13.1. The molecule has 1 N–H and O–H groups in total. The van der Waals surface area contributed by atoms with Crippen LogP contribution >= 0.6 is 11.6 Å². The van der Waals surface area contributed by atoms with Crippen molar-refractivity contribution < 1.29 is 18.3 Å². The zero-order valence-electron chi connectivity index (χ0n) is 17.0. The Kier molecular flexibility index (Phi) is 6.36. The number of methoxy groups -OCH3 is 1. The van der Waals surface area contributed by atoms with E-state index in [1.807, 2.05) is 0 Å². The number of halogens is 2. The Balaban J connectivity index is 1.40. The van der Waals surface area contributed by atoms with Gasteiger partial charge in [-0.3, -0.25) is 0 Å². The molecule has 7 nitrogen and oxygen atoms in total. The van der Waals surface area contributed by atoms with Gasteiger partial charge in [-0.2, -0.15) is 0 Å². The third kappa shape index (κ3) is 5.14. The molecule has 2 amide bonds. The SMILES string of the molecule is COc1ccc(Cl)cc1NC(=O)N1CCC[C@@H](c2nnc(Cc3ccc(F)cc3)o2)C1. The third-order valence-electron chi connectivity index (χ3n) is 5.21. The van der Waals surface area contributed by atoms with Crippen LogP contribution in [0.1, 0.15) is 36.1 Å². The van der Waals surface area contributed by atoms with Gasteiger partial charge in [0.25, 0.3) is 0 Å². The fourth-order valence-corrected chi connectivity index (χ4v) is 3.79. The molecule has 3 aromatic rings. The van der Waals surface area contributed by atoms with Gasteiger partial charge >= 0.3 is 6.03 Å². The number of likely N-dealkylation sites (tertiary alicyclic amines) is 1. The number of rotatable bonds is 5. The number of hydrogen-bond donors (Lipinski definition) is 1. The number of amides is 2. The topological polar surface area (TPSA) is 80.5 Å². The van der Waals surface area contributed by atoms with Gasteiger partial charge in [-0.15, -0.1) is 10.2 Å². The van der Waals surface area contributed by atoms with Crippen LogP contribution in [0, 0.1) is 5.82 Å². The molecule has 1 aliphatic rings. The van der Waals surface area contributed by atoms with Gasteiger partial charge in [0.05, 0.1) is 25.1 Å². The lowest BCUT2D eigenvalue weighted by Gasteiger charge is -2.31. The van der Waals surface area contributed by atoms with Gasteiger partial charge in [0.2, 0.25) is 11.8 Å². The summed E-state index contributed by atoms with van der Waals surface area (Å²) in [7, 11) is 1.54. The number of carbonyl (C=O) groups is 1. The van der Waals surface area contributed by atoms with Gasteiger partial charge in [0.1, 0.15) is 11.6 Å². The van der Waals surface area contributed by atoms with E-state index in [-0.39, 0.29) is 17.8 Å². The fourth-order valence-electron chi connectivity index (χ4n) is 3.62. The van der Waals surface area contributed by atoms with Crippen LogP contribution in [0.15, 0.2) is 46.9 Å². The van der Waals surface area contributed by atoms with Crippen molar-refractivity contribution >= 4 is 23.3 Å². The van der Waals surface area contributed by atoms with E-state index < -0.39 is 0 Å². The number of hydrogen-bond acceptors (Lipinski definition) is 5. The molecule has 162 valence electrons. The number of anilines is 1. The highest BCUT2D eigenvalue weighted by molar-refractivity contribution is 6.31. The first-order chi connectivity index (χ1) is 15.0. The Morgan fingerprint density at radius 3 is 2.87 bits per heavy atom. The largest absolute Gasteiger partial charge is 0.495 e. The highest BCUT2D eigenvalue weighted by Gasteiger charge is 2.29. The zero-order valence-corrected chi connectivity index (χ0v) is 17.7. The number of benzene rings is 2. The second-order valence-corrected chi connectivity index (χ2v) is 7.83. The smallest absolute Gasteiger partial charge is 0.321 e. The molecule has 0 aliphatic carbocycles. The van der Waals surface area contributed by atoms with Crippen LogP contribution < -0.4 is 10.1 Å². The van der Waals surface area contributed by atoms with Crippen LogP contribution in [0.4, 0.5) is 14.9 Å². The van der Waals surface area contributed by atoms with Gasteiger partial charge in [0.15, 0.2) is 0 Å². The van der Waals surface area contributed by atoms with Crippen LogP contribution in [0.2, 0.25) is 5.02 Å². The minimum atomic E-state index is -0.286. The highest BCUT2D eigenvalue weighted by atomic mass is 35.5. The molecule has 1 aliphatic heterocycles. The molecular weight excluding hydrogens is 423 g/mol. The van der Waals surface area contributed by atoms with Crippen LogP contribution in [-0.2, 0) is 6.42 Å². The Bertz CT molecular complexity index is 1060. The number of nitrogens with zero attached hydrogens (tertiary/aromatic N) is 3. The predicted molar refractivity (Wildman–Crippen MR) is 114 cm³/mol. The summed E-state index contributed by atoms with van der Waals surface area (Å²) in [5, 5.41) is 11.7. The Morgan fingerprint density at radius 2 is 2.10 bits per heavy atom. The van der Waals surface area contributed by atoms with Crippen LogP contribution in [0.3, 0.4) is 0 Å². The second-order valence-electron chi connectivity index (χ2n) is 7.40. The van der Waals surface area contributed by atoms with E-state index in [2.05, 4.69) is 15.5 Å². The van der Waals surface area contributed by atoms with E-state index in [4.69, 9.17) is 20.8 Å². The first-order valence-electron chi connectivity index (χ1n) is 9.98. The highest BCUT2D eigenvalue weighted by Crippen LogP contribution is 2.30. The van der Waals surface area contributed by atoms with E-state index >= 15 is 0 Å². The molecular formula is C22H22ClFN4O3. The van der Waals surface area contributed by atoms with E-state index in [0.29, 0.717) is 47.8 Å². The predicted octanol–water partition coefficient (Wildman–Crippen LogP) is 4.87. The Morgan fingerprint density at radius 1 is 1.29 bits per heavy atom. The Hall–Kier alpha value is -3.13. The number of ether oxygens (including phenoxy) is 1. The van der Waals surface area contributed by atoms with Crippen molar-refractivity contribution in [1.82, 2.24) is 15.1 Å². The Labute approximate surface area is 184 Å². The maximum Gasteiger partial charge on any atom is 0.321 e. The molecule has 1 saturated heterocycles. The van der Waals surface area contributed by atoms with Crippen molar-refractivity contribution in [3.8, 4) is 5.75 Å². The molecule has 0 spiro atoms. The number of carbonyl (C=O) groups excluding carboxylic acids is 1. The monoisotopic (exact) mass is 444 g/mol. The molecule has 1 atom stereocenters. The van der Waals surface area contributed by atoms with E-state index in [1.165, 1.54) is 19.2 Å². The van der Waals surface area contributed by atoms with E-state index in [0.717, 1.165) is 18.4 Å². The number of aromatic nitrogens is 2. The summed E-state index contributed by atoms with van der Waals surface area (Å²) in [5.41, 5.74) is 1.40. The van der Waals surface area contributed by atoms with Crippen LogP contribution in [0.25, 0.3) is 0 Å². The molecule has 4 rings (SSSR count). The molecule has 0 radical (unpaired) electrons. The summed E-state index contributed by atoms with van der Waals surface area (Å²) in [6.07, 6.45) is 2.10. The summed E-state index contributed by atoms with van der Waals surface area (Å²) in [5.74, 6) is 1.18. The zero-order chi connectivity index (χ0) is 21.8. The summed E-state index contributed by atoms with van der Waals surface area (Å²) in [4.78, 5) is 14.5. The van der Waals surface area contributed by atoms with Gasteiger partial charge in [-0.25, -0.2) is 9.18 Å². The van der Waals surface area contributed by atoms with Crippen molar-refractivity contribution in [3.05, 3.63) is 70.6 Å². The van der Waals surface area contributed by atoms with E-state index in [9.17, 15) is 9.18 Å².